The second-order valence-corrected chi connectivity index (χ2v) is 6.49. The third-order valence-corrected chi connectivity index (χ3v) is 5.09. The van der Waals surface area contributed by atoms with Crippen molar-refractivity contribution in [2.75, 3.05) is 13.1 Å². The van der Waals surface area contributed by atoms with Gasteiger partial charge < -0.3 is 10.6 Å². The van der Waals surface area contributed by atoms with Crippen molar-refractivity contribution >= 4 is 5.91 Å². The SMILES string of the molecule is CCc1cc(C(=O)N2C[C@H]3CCC(N)C[C@H]3C2)n(CC)n1. The van der Waals surface area contributed by atoms with Gasteiger partial charge in [0.15, 0.2) is 0 Å². The van der Waals surface area contributed by atoms with Crippen molar-refractivity contribution in [2.45, 2.75) is 52.1 Å². The fourth-order valence-corrected chi connectivity index (χ4v) is 3.85. The second kappa shape index (κ2) is 5.79. The van der Waals surface area contributed by atoms with Crippen LogP contribution in [0.15, 0.2) is 6.07 Å². The Balaban J connectivity index is 1.75. The number of nitrogens with zero attached hydrogens (tertiary/aromatic N) is 3. The number of aromatic nitrogens is 2. The quantitative estimate of drug-likeness (QED) is 0.921. The molecule has 1 aliphatic heterocycles. The lowest BCUT2D eigenvalue weighted by atomic mass is 9.79. The number of nitrogens with two attached hydrogens (primary N) is 1. The number of amides is 1. The van der Waals surface area contributed by atoms with Crippen LogP contribution in [0.3, 0.4) is 0 Å². The largest absolute Gasteiger partial charge is 0.337 e. The number of rotatable bonds is 3. The van der Waals surface area contributed by atoms with E-state index in [9.17, 15) is 4.79 Å². The molecule has 1 aromatic heterocycles. The first-order valence-corrected chi connectivity index (χ1v) is 8.23. The lowest BCUT2D eigenvalue weighted by Crippen LogP contribution is -2.32. The summed E-state index contributed by atoms with van der Waals surface area (Å²) in [4.78, 5) is 14.8. The predicted molar refractivity (Wildman–Crippen MR) is 82.0 cm³/mol. The third-order valence-electron chi connectivity index (χ3n) is 5.09. The molecule has 5 heteroatoms. The minimum Gasteiger partial charge on any atom is -0.337 e. The van der Waals surface area contributed by atoms with E-state index in [2.05, 4.69) is 12.0 Å². The maximum atomic E-state index is 12.8. The number of carbonyl (C=O) groups excluding carboxylic acids is 1. The Morgan fingerprint density at radius 2 is 2.10 bits per heavy atom. The molecule has 1 saturated carbocycles. The molecule has 0 aromatic carbocycles. The van der Waals surface area contributed by atoms with E-state index in [-0.39, 0.29) is 5.91 Å². The van der Waals surface area contributed by atoms with Crippen molar-refractivity contribution in [1.29, 1.82) is 0 Å². The van der Waals surface area contributed by atoms with E-state index >= 15 is 0 Å². The third kappa shape index (κ3) is 2.71. The highest BCUT2D eigenvalue weighted by Crippen LogP contribution is 2.36. The summed E-state index contributed by atoms with van der Waals surface area (Å²) in [6.07, 6.45) is 4.22. The smallest absolute Gasteiger partial charge is 0.272 e. The minimum atomic E-state index is 0.145. The second-order valence-electron chi connectivity index (χ2n) is 6.49. The number of carbonyl (C=O) groups is 1. The highest BCUT2D eigenvalue weighted by molar-refractivity contribution is 5.93. The van der Waals surface area contributed by atoms with E-state index in [4.69, 9.17) is 5.73 Å². The zero-order valence-electron chi connectivity index (χ0n) is 13.1. The lowest BCUT2D eigenvalue weighted by Gasteiger charge is -2.27. The van der Waals surface area contributed by atoms with Crippen LogP contribution in [0.5, 0.6) is 0 Å². The van der Waals surface area contributed by atoms with Crippen LogP contribution in [-0.4, -0.2) is 39.7 Å². The first-order valence-electron chi connectivity index (χ1n) is 8.23. The van der Waals surface area contributed by atoms with Crippen LogP contribution in [0.25, 0.3) is 0 Å². The first-order chi connectivity index (χ1) is 10.1. The minimum absolute atomic E-state index is 0.145. The Morgan fingerprint density at radius 3 is 2.81 bits per heavy atom. The molecule has 116 valence electrons. The molecule has 1 amide bonds. The first kappa shape index (κ1) is 14.6. The van der Waals surface area contributed by atoms with Gasteiger partial charge in [-0.3, -0.25) is 9.48 Å². The van der Waals surface area contributed by atoms with Crippen molar-refractivity contribution in [1.82, 2.24) is 14.7 Å². The van der Waals surface area contributed by atoms with Gasteiger partial charge in [-0.05, 0) is 50.5 Å². The molecule has 1 aliphatic carbocycles. The molecular formula is C16H26N4O. The molecule has 0 bridgehead atoms. The van der Waals surface area contributed by atoms with Gasteiger partial charge in [0, 0.05) is 25.7 Å². The van der Waals surface area contributed by atoms with Crippen LogP contribution < -0.4 is 5.73 Å². The Morgan fingerprint density at radius 1 is 1.33 bits per heavy atom. The zero-order valence-corrected chi connectivity index (χ0v) is 13.1. The zero-order chi connectivity index (χ0) is 15.0. The molecular weight excluding hydrogens is 264 g/mol. The summed E-state index contributed by atoms with van der Waals surface area (Å²) in [6, 6.07) is 2.29. The molecule has 21 heavy (non-hydrogen) atoms. The van der Waals surface area contributed by atoms with Gasteiger partial charge in [-0.25, -0.2) is 0 Å². The summed E-state index contributed by atoms with van der Waals surface area (Å²) in [5.74, 6) is 1.39. The van der Waals surface area contributed by atoms with Crippen molar-refractivity contribution in [3.05, 3.63) is 17.5 Å². The monoisotopic (exact) mass is 290 g/mol. The fraction of sp³-hybridized carbons (Fsp3) is 0.750. The van der Waals surface area contributed by atoms with Crippen LogP contribution in [0.4, 0.5) is 0 Å². The normalized spacial score (nSPS) is 28.7. The van der Waals surface area contributed by atoms with Crippen LogP contribution >= 0.6 is 0 Å². The van der Waals surface area contributed by atoms with Gasteiger partial charge >= 0.3 is 0 Å². The molecule has 0 radical (unpaired) electrons. The summed E-state index contributed by atoms with van der Waals surface area (Å²) in [5, 5.41) is 4.49. The summed E-state index contributed by atoms with van der Waals surface area (Å²) in [6.45, 7) is 6.61. The summed E-state index contributed by atoms with van der Waals surface area (Å²) >= 11 is 0. The van der Waals surface area contributed by atoms with Crippen molar-refractivity contribution in [2.24, 2.45) is 17.6 Å². The number of aryl methyl sites for hydroxylation is 2. The Kier molecular flexibility index (Phi) is 4.02. The molecule has 2 aliphatic rings. The topological polar surface area (TPSA) is 64.2 Å². The number of likely N-dealkylation sites (tertiary alicyclic amines) is 1. The maximum Gasteiger partial charge on any atom is 0.272 e. The van der Waals surface area contributed by atoms with Crippen LogP contribution in [0, 0.1) is 11.8 Å². The Labute approximate surface area is 126 Å². The predicted octanol–water partition coefficient (Wildman–Crippen LogP) is 1.66. The molecule has 2 N–H and O–H groups in total. The highest BCUT2D eigenvalue weighted by atomic mass is 16.2. The van der Waals surface area contributed by atoms with E-state index in [1.54, 1.807) is 0 Å². The average molecular weight is 290 g/mol. The van der Waals surface area contributed by atoms with Gasteiger partial charge in [0.05, 0.1) is 5.69 Å². The Bertz CT molecular complexity index is 524. The van der Waals surface area contributed by atoms with Gasteiger partial charge in [0.1, 0.15) is 5.69 Å². The van der Waals surface area contributed by atoms with Gasteiger partial charge in [-0.15, -0.1) is 0 Å². The van der Waals surface area contributed by atoms with Crippen LogP contribution in [0.1, 0.15) is 49.3 Å². The summed E-state index contributed by atoms with van der Waals surface area (Å²) < 4.78 is 1.84. The van der Waals surface area contributed by atoms with Crippen LogP contribution in [-0.2, 0) is 13.0 Å². The van der Waals surface area contributed by atoms with Gasteiger partial charge in [-0.1, -0.05) is 6.92 Å². The summed E-state index contributed by atoms with van der Waals surface area (Å²) in [7, 11) is 0. The molecule has 1 aromatic rings. The number of hydrogen-bond donors (Lipinski definition) is 1. The highest BCUT2D eigenvalue weighted by Gasteiger charge is 2.39. The Hall–Kier alpha value is -1.36. The van der Waals surface area contributed by atoms with Crippen molar-refractivity contribution in [3.63, 3.8) is 0 Å². The average Bonchev–Trinajstić information content (AvgIpc) is 3.09. The van der Waals surface area contributed by atoms with E-state index in [0.29, 0.717) is 17.9 Å². The molecule has 1 unspecified atom stereocenters. The van der Waals surface area contributed by atoms with E-state index in [1.807, 2.05) is 22.6 Å². The lowest BCUT2D eigenvalue weighted by molar-refractivity contribution is 0.0771. The maximum absolute atomic E-state index is 12.8. The van der Waals surface area contributed by atoms with E-state index in [0.717, 1.165) is 50.3 Å². The molecule has 5 nitrogen and oxygen atoms in total. The molecule has 3 rings (SSSR count). The van der Waals surface area contributed by atoms with Crippen LogP contribution in [0.2, 0.25) is 0 Å². The molecule has 3 atom stereocenters. The number of fused-ring (bicyclic) bond motifs is 1. The fourth-order valence-electron chi connectivity index (χ4n) is 3.85. The molecule has 1 saturated heterocycles. The van der Waals surface area contributed by atoms with Gasteiger partial charge in [-0.2, -0.15) is 5.10 Å². The van der Waals surface area contributed by atoms with E-state index in [1.165, 1.54) is 6.42 Å². The summed E-state index contributed by atoms with van der Waals surface area (Å²) in [5.41, 5.74) is 7.82. The molecule has 0 spiro atoms. The van der Waals surface area contributed by atoms with Crippen molar-refractivity contribution in [3.8, 4) is 0 Å². The molecule has 2 fully saturated rings. The number of hydrogen-bond acceptors (Lipinski definition) is 3. The van der Waals surface area contributed by atoms with Crippen molar-refractivity contribution < 1.29 is 4.79 Å². The molecule has 2 heterocycles. The van der Waals surface area contributed by atoms with Gasteiger partial charge in [0.25, 0.3) is 5.91 Å². The van der Waals surface area contributed by atoms with Gasteiger partial charge in [0.2, 0.25) is 0 Å². The standard InChI is InChI=1S/C16H26N4O/c1-3-14-8-15(20(4-2)18-14)16(21)19-9-11-5-6-13(17)7-12(11)10-19/h8,11-13H,3-7,9-10,17H2,1-2H3/t11-,12+,13?/m1/s1. The van der Waals surface area contributed by atoms with E-state index < -0.39 is 0 Å².